The molecule has 126 valence electrons. The molecule has 0 atom stereocenters. The lowest BCUT2D eigenvalue weighted by Gasteiger charge is -2.12. The monoisotopic (exact) mass is 355 g/mol. The minimum atomic E-state index is -0.248. The Morgan fingerprint density at radius 3 is 2.84 bits per heavy atom. The van der Waals surface area contributed by atoms with Gasteiger partial charge in [-0.1, -0.05) is 11.6 Å². The quantitative estimate of drug-likeness (QED) is 0.752. The van der Waals surface area contributed by atoms with E-state index >= 15 is 0 Å². The van der Waals surface area contributed by atoms with E-state index in [0.717, 1.165) is 11.3 Å². The van der Waals surface area contributed by atoms with Crippen molar-refractivity contribution in [3.05, 3.63) is 62.2 Å². The second-order valence-corrected chi connectivity index (χ2v) is 6.01. The Morgan fingerprint density at radius 1 is 1.40 bits per heavy atom. The van der Waals surface area contributed by atoms with Gasteiger partial charge in [0.2, 0.25) is 5.91 Å². The van der Waals surface area contributed by atoms with Gasteiger partial charge in [-0.2, -0.15) is 5.26 Å². The number of carbonyl (C=O) groups is 1. The first-order valence-electron chi connectivity index (χ1n) is 7.46. The number of benzene rings is 1. The molecule has 0 fully saturated rings. The summed E-state index contributed by atoms with van der Waals surface area (Å²) in [5.74, 6) is -0.248. The summed E-state index contributed by atoms with van der Waals surface area (Å²) < 4.78 is 1.57. The van der Waals surface area contributed by atoms with Crippen LogP contribution < -0.4 is 10.9 Å². The van der Waals surface area contributed by atoms with E-state index in [2.05, 4.69) is 15.4 Å². The minimum Gasteiger partial charge on any atom is -0.326 e. The number of nitrogens with one attached hydrogen (secondary N) is 2. The van der Waals surface area contributed by atoms with Gasteiger partial charge in [-0.3, -0.25) is 14.7 Å². The molecule has 0 radical (unpaired) electrons. The van der Waals surface area contributed by atoms with Crippen molar-refractivity contribution < 1.29 is 4.79 Å². The van der Waals surface area contributed by atoms with Crippen LogP contribution in [0.25, 0.3) is 5.65 Å². The Labute approximate surface area is 147 Å². The Bertz CT molecular complexity index is 1090. The maximum absolute atomic E-state index is 12.4. The van der Waals surface area contributed by atoms with Gasteiger partial charge in [0.1, 0.15) is 6.07 Å². The van der Waals surface area contributed by atoms with Crippen molar-refractivity contribution in [2.45, 2.75) is 20.3 Å². The fourth-order valence-electron chi connectivity index (χ4n) is 2.66. The SMILES string of the molecule is Cc1nc2cc(=O)[nH]n2c(C)c1CC(=O)Nc1ccc(C#N)c(Cl)c1. The molecular formula is C17H14ClN5O2. The summed E-state index contributed by atoms with van der Waals surface area (Å²) in [6.07, 6.45) is 0.0957. The fourth-order valence-corrected chi connectivity index (χ4v) is 2.88. The first-order valence-corrected chi connectivity index (χ1v) is 7.84. The van der Waals surface area contributed by atoms with Crippen LogP contribution in [0.15, 0.2) is 29.1 Å². The van der Waals surface area contributed by atoms with Crippen LogP contribution in [-0.2, 0) is 11.2 Å². The summed E-state index contributed by atoms with van der Waals surface area (Å²) in [7, 11) is 0. The molecule has 0 aliphatic rings. The van der Waals surface area contributed by atoms with Gasteiger partial charge in [-0.05, 0) is 32.0 Å². The minimum absolute atomic E-state index is 0.0957. The van der Waals surface area contributed by atoms with Crippen LogP contribution in [0.3, 0.4) is 0 Å². The summed E-state index contributed by atoms with van der Waals surface area (Å²) in [5, 5.41) is 14.6. The van der Waals surface area contributed by atoms with Crippen molar-refractivity contribution >= 4 is 28.8 Å². The molecule has 0 saturated heterocycles. The van der Waals surface area contributed by atoms with Gasteiger partial charge in [-0.15, -0.1) is 0 Å². The molecule has 7 nitrogen and oxygen atoms in total. The number of nitriles is 1. The largest absolute Gasteiger partial charge is 0.326 e. The smallest absolute Gasteiger partial charge is 0.266 e. The van der Waals surface area contributed by atoms with Gasteiger partial charge in [0, 0.05) is 28.7 Å². The molecule has 0 aliphatic carbocycles. The first-order chi connectivity index (χ1) is 11.9. The molecule has 0 aliphatic heterocycles. The molecular weight excluding hydrogens is 342 g/mol. The van der Waals surface area contributed by atoms with Gasteiger partial charge in [0.05, 0.1) is 17.0 Å². The first kappa shape index (κ1) is 16.7. The average molecular weight is 356 g/mol. The van der Waals surface area contributed by atoms with Gasteiger partial charge in [0.15, 0.2) is 5.65 Å². The predicted molar refractivity (Wildman–Crippen MR) is 93.8 cm³/mol. The van der Waals surface area contributed by atoms with E-state index in [0.29, 0.717) is 22.6 Å². The average Bonchev–Trinajstić information content (AvgIpc) is 2.92. The number of aromatic nitrogens is 3. The highest BCUT2D eigenvalue weighted by Crippen LogP contribution is 2.21. The molecule has 3 aromatic rings. The van der Waals surface area contributed by atoms with E-state index in [1.165, 1.54) is 12.1 Å². The lowest BCUT2D eigenvalue weighted by atomic mass is 10.1. The van der Waals surface area contributed by atoms with E-state index in [1.54, 1.807) is 23.6 Å². The second kappa shape index (κ2) is 6.42. The van der Waals surface area contributed by atoms with Crippen LogP contribution in [0.2, 0.25) is 5.02 Å². The van der Waals surface area contributed by atoms with E-state index in [-0.39, 0.29) is 22.9 Å². The molecule has 8 heteroatoms. The molecule has 0 saturated carbocycles. The number of nitrogens with zero attached hydrogens (tertiary/aromatic N) is 3. The lowest BCUT2D eigenvalue weighted by molar-refractivity contribution is -0.115. The van der Waals surface area contributed by atoms with Crippen molar-refractivity contribution in [2.75, 3.05) is 5.32 Å². The summed E-state index contributed by atoms with van der Waals surface area (Å²) in [6.45, 7) is 3.62. The van der Waals surface area contributed by atoms with Crippen LogP contribution in [0, 0.1) is 25.2 Å². The number of hydrogen-bond acceptors (Lipinski definition) is 4. The maximum Gasteiger partial charge on any atom is 0.266 e. The molecule has 0 bridgehead atoms. The second-order valence-electron chi connectivity index (χ2n) is 5.61. The van der Waals surface area contributed by atoms with E-state index < -0.39 is 0 Å². The number of H-pyrrole nitrogens is 1. The van der Waals surface area contributed by atoms with Crippen LogP contribution in [-0.4, -0.2) is 20.5 Å². The molecule has 1 aromatic carbocycles. The van der Waals surface area contributed by atoms with E-state index in [1.807, 2.05) is 13.0 Å². The number of aryl methyl sites for hydroxylation is 2. The third-order valence-corrected chi connectivity index (χ3v) is 4.23. The van der Waals surface area contributed by atoms with Gasteiger partial charge in [0.25, 0.3) is 5.56 Å². The van der Waals surface area contributed by atoms with E-state index in [4.69, 9.17) is 16.9 Å². The number of amides is 1. The number of hydrogen-bond donors (Lipinski definition) is 2. The number of fused-ring (bicyclic) bond motifs is 1. The molecule has 0 unspecified atom stereocenters. The Morgan fingerprint density at radius 2 is 2.16 bits per heavy atom. The molecule has 2 N–H and O–H groups in total. The molecule has 1 amide bonds. The number of aromatic amines is 1. The molecule has 2 aromatic heterocycles. The summed E-state index contributed by atoms with van der Waals surface area (Å²) in [4.78, 5) is 28.2. The molecule has 25 heavy (non-hydrogen) atoms. The highest BCUT2D eigenvalue weighted by molar-refractivity contribution is 6.32. The van der Waals surface area contributed by atoms with E-state index in [9.17, 15) is 9.59 Å². The van der Waals surface area contributed by atoms with Crippen LogP contribution in [0.4, 0.5) is 5.69 Å². The van der Waals surface area contributed by atoms with Crippen LogP contribution in [0.1, 0.15) is 22.5 Å². The van der Waals surface area contributed by atoms with Crippen LogP contribution in [0.5, 0.6) is 0 Å². The highest BCUT2D eigenvalue weighted by Gasteiger charge is 2.14. The third-order valence-electron chi connectivity index (χ3n) is 3.91. The van der Waals surface area contributed by atoms with Crippen molar-refractivity contribution in [3.8, 4) is 6.07 Å². The van der Waals surface area contributed by atoms with Crippen LogP contribution >= 0.6 is 11.6 Å². The Balaban J connectivity index is 1.86. The topological polar surface area (TPSA) is 103 Å². The normalized spacial score (nSPS) is 10.6. The summed E-state index contributed by atoms with van der Waals surface area (Å²) >= 11 is 5.97. The van der Waals surface area contributed by atoms with Gasteiger partial charge in [-0.25, -0.2) is 9.50 Å². The Kier molecular flexibility index (Phi) is 4.30. The zero-order chi connectivity index (χ0) is 18.1. The summed E-state index contributed by atoms with van der Waals surface area (Å²) in [5.41, 5.74) is 3.29. The van der Waals surface area contributed by atoms with Crippen molar-refractivity contribution in [2.24, 2.45) is 0 Å². The number of rotatable bonds is 3. The zero-order valence-electron chi connectivity index (χ0n) is 13.6. The van der Waals surface area contributed by atoms with Gasteiger partial charge >= 0.3 is 0 Å². The zero-order valence-corrected chi connectivity index (χ0v) is 14.3. The predicted octanol–water partition coefficient (Wildman–Crippen LogP) is 2.35. The Hall–Kier alpha value is -3.11. The molecule has 2 heterocycles. The summed E-state index contributed by atoms with van der Waals surface area (Å²) in [6, 6.07) is 8.07. The highest BCUT2D eigenvalue weighted by atomic mass is 35.5. The molecule has 0 spiro atoms. The lowest BCUT2D eigenvalue weighted by Crippen LogP contribution is -2.18. The van der Waals surface area contributed by atoms with Crippen molar-refractivity contribution in [1.29, 1.82) is 5.26 Å². The van der Waals surface area contributed by atoms with Crippen molar-refractivity contribution in [1.82, 2.24) is 14.6 Å². The third kappa shape index (κ3) is 3.25. The van der Waals surface area contributed by atoms with Gasteiger partial charge < -0.3 is 5.32 Å². The fraction of sp³-hybridized carbons (Fsp3) is 0.176. The van der Waals surface area contributed by atoms with Crippen molar-refractivity contribution in [3.63, 3.8) is 0 Å². The molecule has 3 rings (SSSR count). The number of halogens is 1. The maximum atomic E-state index is 12.4. The number of anilines is 1. The standard InChI is InChI=1S/C17H14ClN5O2/c1-9-13(10(2)23-15(20-9)7-17(25)22-23)6-16(24)21-12-4-3-11(8-19)14(18)5-12/h3-5,7H,6H2,1-2H3,(H,21,24)(H,22,25). The number of carbonyl (C=O) groups excluding carboxylic acids is 1.